The Morgan fingerprint density at radius 2 is 1.91 bits per heavy atom. The summed E-state index contributed by atoms with van der Waals surface area (Å²) in [5.74, 6) is -3.43. The standard InChI is InChI=1S/C23H23BrF2N4O3/c1-13(27-18-6-4-3-5-15(18)21(32)33)16-11-14(24)12-17-19(16)28-22(29(2)20(17)31)30-9-7-23(25,26)8-10-30/h3-6,11-13,27H,7-10H2,1-2H3,(H,32,33). The molecule has 0 bridgehead atoms. The van der Waals surface area contributed by atoms with Crippen molar-refractivity contribution in [3.8, 4) is 0 Å². The lowest BCUT2D eigenvalue weighted by Crippen LogP contribution is -2.42. The molecule has 0 amide bonds. The summed E-state index contributed by atoms with van der Waals surface area (Å²) >= 11 is 3.45. The maximum Gasteiger partial charge on any atom is 0.337 e. The van der Waals surface area contributed by atoms with Crippen molar-refractivity contribution >= 4 is 44.4 Å². The van der Waals surface area contributed by atoms with Crippen molar-refractivity contribution in [1.82, 2.24) is 9.55 Å². The fourth-order valence-corrected chi connectivity index (χ4v) is 4.58. The lowest BCUT2D eigenvalue weighted by Gasteiger charge is -2.33. The third-order valence-electron chi connectivity index (χ3n) is 5.92. The minimum absolute atomic E-state index is 0.102. The summed E-state index contributed by atoms with van der Waals surface area (Å²) < 4.78 is 29.4. The summed E-state index contributed by atoms with van der Waals surface area (Å²) in [5, 5.41) is 13.1. The predicted molar refractivity (Wildman–Crippen MR) is 127 cm³/mol. The van der Waals surface area contributed by atoms with Crippen LogP contribution in [-0.2, 0) is 7.05 Å². The van der Waals surface area contributed by atoms with Crippen molar-refractivity contribution < 1.29 is 18.7 Å². The number of aromatic nitrogens is 2. The number of carboxylic acid groups (broad SMARTS) is 1. The van der Waals surface area contributed by atoms with Crippen LogP contribution in [0.4, 0.5) is 20.4 Å². The first-order valence-corrected chi connectivity index (χ1v) is 11.3. The van der Waals surface area contributed by atoms with E-state index in [0.29, 0.717) is 32.6 Å². The van der Waals surface area contributed by atoms with Gasteiger partial charge in [-0.25, -0.2) is 18.6 Å². The molecule has 0 saturated carbocycles. The van der Waals surface area contributed by atoms with Crippen LogP contribution >= 0.6 is 15.9 Å². The van der Waals surface area contributed by atoms with E-state index in [1.807, 2.05) is 13.0 Å². The van der Waals surface area contributed by atoms with Crippen molar-refractivity contribution in [2.24, 2.45) is 7.05 Å². The molecule has 1 aromatic heterocycles. The molecular weight excluding hydrogens is 498 g/mol. The Morgan fingerprint density at radius 3 is 2.58 bits per heavy atom. The van der Waals surface area contributed by atoms with E-state index in [4.69, 9.17) is 4.98 Å². The van der Waals surface area contributed by atoms with Gasteiger partial charge in [-0.3, -0.25) is 9.36 Å². The maximum absolute atomic E-state index is 13.7. The molecule has 174 valence electrons. The number of carbonyl (C=O) groups is 1. The summed E-state index contributed by atoms with van der Waals surface area (Å²) in [7, 11) is 1.59. The van der Waals surface area contributed by atoms with Gasteiger partial charge in [0.05, 0.1) is 22.5 Å². The van der Waals surface area contributed by atoms with Crippen LogP contribution in [0.5, 0.6) is 0 Å². The number of piperidine rings is 1. The second kappa shape index (κ2) is 8.74. The SMILES string of the molecule is CC(Nc1ccccc1C(=O)O)c1cc(Br)cc2c(=O)n(C)c(N3CCC(F)(F)CC3)nc12. The molecule has 1 fully saturated rings. The molecule has 0 spiro atoms. The number of rotatable bonds is 5. The van der Waals surface area contributed by atoms with Crippen LogP contribution in [0.3, 0.4) is 0 Å². The van der Waals surface area contributed by atoms with Gasteiger partial charge in [0.2, 0.25) is 5.95 Å². The minimum atomic E-state index is -2.71. The van der Waals surface area contributed by atoms with Crippen molar-refractivity contribution in [2.75, 3.05) is 23.3 Å². The molecule has 7 nitrogen and oxygen atoms in total. The zero-order valence-corrected chi connectivity index (χ0v) is 19.7. The summed E-state index contributed by atoms with van der Waals surface area (Å²) in [6.45, 7) is 2.05. The predicted octanol–water partition coefficient (Wildman–Crippen LogP) is 4.80. The van der Waals surface area contributed by atoms with Gasteiger partial charge in [0.1, 0.15) is 0 Å². The van der Waals surface area contributed by atoms with Gasteiger partial charge in [0.25, 0.3) is 11.5 Å². The lowest BCUT2D eigenvalue weighted by atomic mass is 10.0. The fraction of sp³-hybridized carbons (Fsp3) is 0.348. The average Bonchev–Trinajstić information content (AvgIpc) is 2.76. The number of halogens is 3. The summed E-state index contributed by atoms with van der Waals surface area (Å²) in [5.41, 5.74) is 1.41. The first-order chi connectivity index (χ1) is 15.6. The summed E-state index contributed by atoms with van der Waals surface area (Å²) in [6, 6.07) is 9.67. The quantitative estimate of drug-likeness (QED) is 0.502. The topological polar surface area (TPSA) is 87.5 Å². The van der Waals surface area contributed by atoms with E-state index in [1.54, 1.807) is 36.2 Å². The first kappa shape index (κ1) is 23.2. The number of carboxylic acids is 1. The molecule has 2 heterocycles. The molecule has 4 rings (SSSR count). The molecule has 1 atom stereocenters. The monoisotopic (exact) mass is 520 g/mol. The molecule has 2 aromatic carbocycles. The summed E-state index contributed by atoms with van der Waals surface area (Å²) in [4.78, 5) is 31.2. The highest BCUT2D eigenvalue weighted by molar-refractivity contribution is 9.10. The number of hydrogen-bond acceptors (Lipinski definition) is 5. The van der Waals surface area contributed by atoms with E-state index in [-0.39, 0.29) is 37.1 Å². The van der Waals surface area contributed by atoms with E-state index < -0.39 is 17.9 Å². The molecule has 2 N–H and O–H groups in total. The molecule has 1 aliphatic rings. The molecule has 1 saturated heterocycles. The zero-order chi connectivity index (χ0) is 23.9. The number of para-hydroxylation sites is 1. The molecule has 1 aliphatic heterocycles. The highest BCUT2D eigenvalue weighted by atomic mass is 79.9. The normalized spacial score (nSPS) is 16.6. The Balaban J connectivity index is 1.80. The molecule has 10 heteroatoms. The van der Waals surface area contributed by atoms with E-state index in [2.05, 4.69) is 21.2 Å². The van der Waals surface area contributed by atoms with E-state index in [0.717, 1.165) is 0 Å². The Kier molecular flexibility index (Phi) is 6.13. The Morgan fingerprint density at radius 1 is 1.24 bits per heavy atom. The zero-order valence-electron chi connectivity index (χ0n) is 18.1. The lowest BCUT2D eigenvalue weighted by molar-refractivity contribution is -0.0223. The highest BCUT2D eigenvalue weighted by Crippen LogP contribution is 2.33. The van der Waals surface area contributed by atoms with Gasteiger partial charge in [0.15, 0.2) is 0 Å². The Bertz CT molecular complexity index is 1280. The van der Waals surface area contributed by atoms with Crippen LogP contribution in [-0.4, -0.2) is 39.6 Å². The number of benzene rings is 2. The van der Waals surface area contributed by atoms with Crippen LogP contribution in [0, 0.1) is 0 Å². The molecule has 3 aromatic rings. The fourth-order valence-electron chi connectivity index (χ4n) is 4.11. The van der Waals surface area contributed by atoms with Crippen molar-refractivity contribution in [2.45, 2.75) is 31.7 Å². The molecular formula is C23H23BrF2N4O3. The minimum Gasteiger partial charge on any atom is -0.478 e. The van der Waals surface area contributed by atoms with Crippen molar-refractivity contribution in [1.29, 1.82) is 0 Å². The number of nitrogens with one attached hydrogen (secondary N) is 1. The number of nitrogens with zero attached hydrogens (tertiary/aromatic N) is 3. The molecule has 33 heavy (non-hydrogen) atoms. The van der Waals surface area contributed by atoms with E-state index in [9.17, 15) is 23.5 Å². The highest BCUT2D eigenvalue weighted by Gasteiger charge is 2.35. The van der Waals surface area contributed by atoms with Crippen molar-refractivity contribution in [3.05, 3.63) is 62.4 Å². The summed E-state index contributed by atoms with van der Waals surface area (Å²) in [6.07, 6.45) is -0.587. The van der Waals surface area contributed by atoms with E-state index >= 15 is 0 Å². The molecule has 1 unspecified atom stereocenters. The largest absolute Gasteiger partial charge is 0.478 e. The number of aromatic carboxylic acids is 1. The van der Waals surface area contributed by atoms with Crippen LogP contribution in [0.1, 0.15) is 41.7 Å². The van der Waals surface area contributed by atoms with Gasteiger partial charge >= 0.3 is 5.97 Å². The maximum atomic E-state index is 13.7. The second-order valence-corrected chi connectivity index (χ2v) is 9.14. The number of fused-ring (bicyclic) bond motifs is 1. The van der Waals surface area contributed by atoms with E-state index in [1.165, 1.54) is 10.6 Å². The van der Waals surface area contributed by atoms with Crippen LogP contribution < -0.4 is 15.8 Å². The third kappa shape index (κ3) is 4.57. The number of anilines is 2. The van der Waals surface area contributed by atoms with Gasteiger partial charge in [-0.2, -0.15) is 0 Å². The average molecular weight is 521 g/mol. The van der Waals surface area contributed by atoms with Gasteiger partial charge in [-0.1, -0.05) is 28.1 Å². The second-order valence-electron chi connectivity index (χ2n) is 8.23. The smallest absolute Gasteiger partial charge is 0.337 e. The number of hydrogen-bond donors (Lipinski definition) is 2. The van der Waals surface area contributed by atoms with Gasteiger partial charge in [0, 0.05) is 48.7 Å². The molecule has 0 aliphatic carbocycles. The third-order valence-corrected chi connectivity index (χ3v) is 6.38. The molecule has 0 radical (unpaired) electrons. The van der Waals surface area contributed by atoms with Gasteiger partial charge in [-0.15, -0.1) is 0 Å². The van der Waals surface area contributed by atoms with Crippen LogP contribution in [0.25, 0.3) is 10.9 Å². The first-order valence-electron chi connectivity index (χ1n) is 10.5. The van der Waals surface area contributed by atoms with Gasteiger partial charge < -0.3 is 15.3 Å². The Labute approximate surface area is 197 Å². The van der Waals surface area contributed by atoms with Gasteiger partial charge in [-0.05, 0) is 31.2 Å². The van der Waals surface area contributed by atoms with Crippen LogP contribution in [0.15, 0.2) is 45.7 Å². The van der Waals surface area contributed by atoms with Crippen molar-refractivity contribution in [3.63, 3.8) is 0 Å². The van der Waals surface area contributed by atoms with Crippen LogP contribution in [0.2, 0.25) is 0 Å². The Hall–Kier alpha value is -3.01. The number of alkyl halides is 2.